The van der Waals surface area contributed by atoms with Crippen molar-refractivity contribution in [1.82, 2.24) is 0 Å². The molecule has 0 aliphatic rings. The predicted molar refractivity (Wildman–Crippen MR) is 326 cm³/mol. The summed E-state index contributed by atoms with van der Waals surface area (Å²) in [6.45, 7) is 13.9. The molecule has 17 nitrogen and oxygen atoms in total. The highest BCUT2D eigenvalue weighted by atomic mass is 31.2. The summed E-state index contributed by atoms with van der Waals surface area (Å²) in [6.07, 6.45) is 32.4. The third-order valence-corrected chi connectivity index (χ3v) is 16.6. The van der Waals surface area contributed by atoms with Crippen LogP contribution in [0.15, 0.2) is 0 Å². The highest BCUT2D eigenvalue weighted by molar-refractivity contribution is 7.47. The zero-order valence-corrected chi connectivity index (χ0v) is 54.9. The number of phosphoric ester groups is 2. The van der Waals surface area contributed by atoms with Gasteiger partial charge in [0.2, 0.25) is 0 Å². The van der Waals surface area contributed by atoms with E-state index >= 15 is 0 Å². The van der Waals surface area contributed by atoms with E-state index in [0.29, 0.717) is 37.5 Å². The van der Waals surface area contributed by atoms with E-state index in [1.807, 2.05) is 0 Å². The summed E-state index contributed by atoms with van der Waals surface area (Å²) in [7, 11) is -9.89. The lowest BCUT2D eigenvalue weighted by Crippen LogP contribution is -2.30. The Hall–Kier alpha value is -1.94. The monoisotopic (exact) mass is 1210 g/mol. The smallest absolute Gasteiger partial charge is 0.462 e. The number of phosphoric acid groups is 2. The van der Waals surface area contributed by atoms with Crippen LogP contribution in [0.5, 0.6) is 0 Å². The molecule has 19 heteroatoms. The zero-order chi connectivity index (χ0) is 61.1. The SMILES string of the molecule is CCC(C)CCCCCCCCC(=O)O[C@H](COC(=O)CCCCCCCCCC(C)C)COP(=O)(O)OC[C@@H](O)COP(=O)(O)OC[C@@H](COC(=O)CCCCCCCCC(C)C)OC(=O)CCCCCCCCCCCCC(C)C. The molecule has 0 saturated heterocycles. The first-order chi connectivity index (χ1) is 39.1. The molecule has 0 heterocycles. The van der Waals surface area contributed by atoms with E-state index in [1.165, 1.54) is 89.9 Å². The Labute approximate surface area is 498 Å². The molecule has 0 amide bonds. The normalized spacial score (nSPS) is 14.8. The number of carbonyl (C=O) groups is 4. The predicted octanol–water partition coefficient (Wildman–Crippen LogP) is 17.0. The molecule has 3 unspecified atom stereocenters. The van der Waals surface area contributed by atoms with E-state index in [2.05, 4.69) is 55.4 Å². The van der Waals surface area contributed by atoms with E-state index < -0.39 is 97.5 Å². The van der Waals surface area contributed by atoms with Gasteiger partial charge in [0.25, 0.3) is 0 Å². The molecule has 486 valence electrons. The maximum atomic E-state index is 13.0. The summed E-state index contributed by atoms with van der Waals surface area (Å²) in [5.74, 6) is 0.712. The van der Waals surface area contributed by atoms with E-state index in [9.17, 15) is 43.2 Å². The topological polar surface area (TPSA) is 237 Å². The third kappa shape index (κ3) is 55.9. The van der Waals surface area contributed by atoms with Gasteiger partial charge in [-0.3, -0.25) is 37.3 Å². The molecule has 6 atom stereocenters. The second kappa shape index (κ2) is 53.3. The Balaban J connectivity index is 5.25. The van der Waals surface area contributed by atoms with Gasteiger partial charge in [-0.25, -0.2) is 9.13 Å². The number of hydrogen-bond donors (Lipinski definition) is 3. The minimum atomic E-state index is -4.94. The minimum Gasteiger partial charge on any atom is -0.462 e. The Kier molecular flexibility index (Phi) is 52.0. The van der Waals surface area contributed by atoms with Gasteiger partial charge in [-0.15, -0.1) is 0 Å². The molecule has 0 aliphatic carbocycles. The number of ether oxygens (including phenoxy) is 4. The van der Waals surface area contributed by atoms with Gasteiger partial charge >= 0.3 is 39.5 Å². The van der Waals surface area contributed by atoms with Crippen LogP contribution >= 0.6 is 15.6 Å². The van der Waals surface area contributed by atoms with Crippen LogP contribution in [0, 0.1) is 23.7 Å². The van der Waals surface area contributed by atoms with E-state index in [1.54, 1.807) is 0 Å². The molecule has 0 spiro atoms. The molecular weight excluding hydrogens is 1090 g/mol. The summed E-state index contributed by atoms with van der Waals surface area (Å²) in [5.41, 5.74) is 0. The highest BCUT2D eigenvalue weighted by Gasteiger charge is 2.30. The summed E-state index contributed by atoms with van der Waals surface area (Å²) in [4.78, 5) is 72.1. The average Bonchev–Trinajstić information content (AvgIpc) is 3.43. The largest absolute Gasteiger partial charge is 0.472 e. The second-order valence-electron chi connectivity index (χ2n) is 24.5. The number of carbonyl (C=O) groups excluding carboxylic acids is 4. The van der Waals surface area contributed by atoms with Crippen molar-refractivity contribution in [3.8, 4) is 0 Å². The van der Waals surface area contributed by atoms with Gasteiger partial charge in [0, 0.05) is 25.7 Å². The molecule has 0 saturated carbocycles. The summed E-state index contributed by atoms with van der Waals surface area (Å²) in [5, 5.41) is 10.5. The lowest BCUT2D eigenvalue weighted by atomic mass is 10.00. The zero-order valence-electron chi connectivity index (χ0n) is 53.1. The van der Waals surface area contributed by atoms with Crippen LogP contribution in [0.25, 0.3) is 0 Å². The Morgan fingerprint density at radius 3 is 0.866 bits per heavy atom. The quantitative estimate of drug-likeness (QED) is 0.0222. The molecule has 82 heavy (non-hydrogen) atoms. The van der Waals surface area contributed by atoms with Gasteiger partial charge in [-0.2, -0.15) is 0 Å². The highest BCUT2D eigenvalue weighted by Crippen LogP contribution is 2.45. The number of aliphatic hydroxyl groups is 1. The molecule has 0 aromatic heterocycles. The molecule has 0 radical (unpaired) electrons. The van der Waals surface area contributed by atoms with Gasteiger partial charge in [0.1, 0.15) is 19.3 Å². The standard InChI is InChI=1S/C63H122O17P2/c1-9-56(8)42-34-26-20-22-30-38-46-63(68)80-59(49-73-60(65)43-35-27-18-14-16-24-32-40-54(4)5)52-78-82(71,72)76-48-57(64)47-75-81(69,70)77-51-58(50-74-61(66)44-36-28-21-19-25-33-41-55(6)7)79-62(67)45-37-29-17-13-11-10-12-15-23-31-39-53(2)3/h53-59,64H,9-52H2,1-8H3,(H,69,70)(H,71,72)/t56?,57-,58+,59+/m0/s1. The number of rotatable bonds is 60. The maximum absolute atomic E-state index is 13.0. The van der Waals surface area contributed by atoms with Gasteiger partial charge < -0.3 is 33.8 Å². The number of unbranched alkanes of at least 4 members (excludes halogenated alkanes) is 25. The second-order valence-corrected chi connectivity index (χ2v) is 27.4. The lowest BCUT2D eigenvalue weighted by Gasteiger charge is -2.21. The van der Waals surface area contributed by atoms with Crippen LogP contribution in [0.4, 0.5) is 0 Å². The first-order valence-corrected chi connectivity index (χ1v) is 35.7. The van der Waals surface area contributed by atoms with Crippen molar-refractivity contribution in [2.75, 3.05) is 39.6 Å². The molecule has 0 aliphatic heterocycles. The van der Waals surface area contributed by atoms with Crippen molar-refractivity contribution in [3.05, 3.63) is 0 Å². The molecule has 0 aromatic carbocycles. The van der Waals surface area contributed by atoms with Crippen LogP contribution < -0.4 is 0 Å². The van der Waals surface area contributed by atoms with E-state index in [-0.39, 0.29) is 25.7 Å². The fraction of sp³-hybridized carbons (Fsp3) is 0.937. The first-order valence-electron chi connectivity index (χ1n) is 32.7. The molecule has 0 aromatic rings. The number of hydrogen-bond acceptors (Lipinski definition) is 15. The minimum absolute atomic E-state index is 0.101. The molecule has 0 rings (SSSR count). The van der Waals surface area contributed by atoms with Crippen molar-refractivity contribution >= 4 is 39.5 Å². The first kappa shape index (κ1) is 80.1. The van der Waals surface area contributed by atoms with Crippen LogP contribution in [0.3, 0.4) is 0 Å². The summed E-state index contributed by atoms with van der Waals surface area (Å²) >= 11 is 0. The van der Waals surface area contributed by atoms with Crippen molar-refractivity contribution in [2.24, 2.45) is 23.7 Å². The molecule has 0 bridgehead atoms. The van der Waals surface area contributed by atoms with Gasteiger partial charge in [-0.05, 0) is 49.4 Å². The summed E-state index contributed by atoms with van der Waals surface area (Å²) < 4.78 is 67.9. The average molecular weight is 1210 g/mol. The maximum Gasteiger partial charge on any atom is 0.472 e. The van der Waals surface area contributed by atoms with Crippen molar-refractivity contribution in [2.45, 2.75) is 318 Å². The number of aliphatic hydroxyl groups excluding tert-OH is 1. The molecular formula is C63H122O17P2. The fourth-order valence-electron chi connectivity index (χ4n) is 9.22. The van der Waals surface area contributed by atoms with Crippen LogP contribution in [0.2, 0.25) is 0 Å². The van der Waals surface area contributed by atoms with Crippen molar-refractivity contribution in [1.29, 1.82) is 0 Å². The van der Waals surface area contributed by atoms with Crippen LogP contribution in [-0.4, -0.2) is 96.7 Å². The van der Waals surface area contributed by atoms with Crippen LogP contribution in [-0.2, 0) is 65.4 Å². The van der Waals surface area contributed by atoms with E-state index in [4.69, 9.17) is 37.0 Å². The Morgan fingerprint density at radius 1 is 0.341 bits per heavy atom. The lowest BCUT2D eigenvalue weighted by molar-refractivity contribution is -0.161. The van der Waals surface area contributed by atoms with Gasteiger partial charge in [-0.1, -0.05) is 248 Å². The van der Waals surface area contributed by atoms with Gasteiger partial charge in [0.15, 0.2) is 12.2 Å². The summed E-state index contributed by atoms with van der Waals surface area (Å²) in [6, 6.07) is 0. The molecule has 0 fully saturated rings. The van der Waals surface area contributed by atoms with E-state index in [0.717, 1.165) is 115 Å². The Bertz CT molecular complexity index is 1650. The van der Waals surface area contributed by atoms with Gasteiger partial charge in [0.05, 0.1) is 26.4 Å². The fourth-order valence-corrected chi connectivity index (χ4v) is 10.8. The third-order valence-electron chi connectivity index (χ3n) is 14.7. The van der Waals surface area contributed by atoms with Crippen molar-refractivity contribution in [3.63, 3.8) is 0 Å². The number of esters is 4. The Morgan fingerprint density at radius 2 is 0.585 bits per heavy atom. The van der Waals surface area contributed by atoms with Crippen LogP contribution in [0.1, 0.15) is 299 Å². The van der Waals surface area contributed by atoms with Crippen molar-refractivity contribution < 1.29 is 80.2 Å². The molecule has 3 N–H and O–H groups in total.